The van der Waals surface area contributed by atoms with E-state index in [1.54, 1.807) is 0 Å². The maximum atomic E-state index is 12.5. The molecule has 0 spiro atoms. The number of carbonyl (C=O) groups is 1. The lowest BCUT2D eigenvalue weighted by atomic mass is 9.80. The molecule has 1 aromatic carbocycles. The lowest BCUT2D eigenvalue weighted by Crippen LogP contribution is -2.24. The lowest BCUT2D eigenvalue weighted by Gasteiger charge is -2.28. The van der Waals surface area contributed by atoms with Crippen molar-refractivity contribution in [2.24, 2.45) is 17.8 Å². The Morgan fingerprint density at radius 1 is 0.793 bits per heavy atom. The summed E-state index contributed by atoms with van der Waals surface area (Å²) in [6.07, 6.45) is 15.0. The monoisotopic (exact) mass is 400 g/mol. The van der Waals surface area contributed by atoms with Crippen LogP contribution in [0.1, 0.15) is 101 Å². The van der Waals surface area contributed by atoms with E-state index in [0.717, 1.165) is 37.0 Å². The number of esters is 1. The summed E-state index contributed by atoms with van der Waals surface area (Å²) in [5, 5.41) is 0. The second-order valence-electron chi connectivity index (χ2n) is 9.35. The van der Waals surface area contributed by atoms with E-state index in [4.69, 9.17) is 9.47 Å². The van der Waals surface area contributed by atoms with E-state index in [1.807, 2.05) is 24.3 Å². The molecule has 0 saturated heterocycles. The Kier molecular flexibility index (Phi) is 8.89. The second kappa shape index (κ2) is 11.6. The molecule has 2 saturated carbocycles. The third-order valence-electron chi connectivity index (χ3n) is 7.00. The molecule has 3 rings (SSSR count). The van der Waals surface area contributed by atoms with Crippen LogP contribution >= 0.6 is 0 Å². The van der Waals surface area contributed by atoms with E-state index in [1.165, 1.54) is 64.2 Å². The van der Waals surface area contributed by atoms with E-state index in [9.17, 15) is 4.79 Å². The zero-order valence-electron chi connectivity index (χ0n) is 18.5. The maximum Gasteiger partial charge on any atom is 0.338 e. The van der Waals surface area contributed by atoms with Crippen LogP contribution in [0.3, 0.4) is 0 Å². The minimum atomic E-state index is -0.190. The predicted octanol–water partition coefficient (Wildman–Crippen LogP) is 7.19. The third-order valence-corrected chi connectivity index (χ3v) is 7.00. The smallest absolute Gasteiger partial charge is 0.338 e. The number of rotatable bonds is 9. The van der Waals surface area contributed by atoms with E-state index in [0.29, 0.717) is 11.5 Å². The van der Waals surface area contributed by atoms with Crippen LogP contribution in [0.4, 0.5) is 0 Å². The fourth-order valence-corrected chi connectivity index (χ4v) is 5.16. The number of ether oxygens (including phenoxy) is 2. The number of hydrogen-bond donors (Lipinski definition) is 0. The van der Waals surface area contributed by atoms with Gasteiger partial charge in [0, 0.05) is 0 Å². The Bertz CT molecular complexity index is 593. The Balaban J connectivity index is 1.38. The molecule has 0 N–H and O–H groups in total. The topological polar surface area (TPSA) is 35.5 Å². The largest absolute Gasteiger partial charge is 0.493 e. The van der Waals surface area contributed by atoms with Crippen LogP contribution in [0.15, 0.2) is 24.3 Å². The fraction of sp³-hybridized carbons (Fsp3) is 0.731. The number of hydrogen-bond acceptors (Lipinski definition) is 3. The van der Waals surface area contributed by atoms with E-state index < -0.39 is 0 Å². The molecule has 0 heterocycles. The molecule has 0 bridgehead atoms. The summed E-state index contributed by atoms with van der Waals surface area (Å²) in [7, 11) is 0. The highest BCUT2D eigenvalue weighted by Gasteiger charge is 2.24. The first kappa shape index (κ1) is 22.2. The van der Waals surface area contributed by atoms with Crippen LogP contribution in [-0.2, 0) is 4.74 Å². The lowest BCUT2D eigenvalue weighted by molar-refractivity contribution is 0.0161. The minimum absolute atomic E-state index is 0.0920. The van der Waals surface area contributed by atoms with Gasteiger partial charge in [-0.05, 0) is 80.5 Å². The van der Waals surface area contributed by atoms with Crippen molar-refractivity contribution >= 4 is 5.97 Å². The van der Waals surface area contributed by atoms with Crippen molar-refractivity contribution in [3.63, 3.8) is 0 Å². The molecule has 2 fully saturated rings. The van der Waals surface area contributed by atoms with E-state index in [2.05, 4.69) is 13.8 Å². The van der Waals surface area contributed by atoms with Crippen molar-refractivity contribution in [3.8, 4) is 5.75 Å². The summed E-state index contributed by atoms with van der Waals surface area (Å²) in [5.74, 6) is 3.11. The van der Waals surface area contributed by atoms with Gasteiger partial charge >= 0.3 is 5.97 Å². The fourth-order valence-electron chi connectivity index (χ4n) is 5.16. The molecule has 0 unspecified atom stereocenters. The van der Waals surface area contributed by atoms with Crippen molar-refractivity contribution in [1.82, 2.24) is 0 Å². The van der Waals surface area contributed by atoms with Gasteiger partial charge in [-0.15, -0.1) is 0 Å². The summed E-state index contributed by atoms with van der Waals surface area (Å²) in [6.45, 7) is 5.33. The molecule has 3 heteroatoms. The summed E-state index contributed by atoms with van der Waals surface area (Å²) in [4.78, 5) is 12.5. The van der Waals surface area contributed by atoms with Crippen LogP contribution in [0.2, 0.25) is 0 Å². The van der Waals surface area contributed by atoms with Crippen molar-refractivity contribution < 1.29 is 14.3 Å². The molecular weight excluding hydrogens is 360 g/mol. The first-order valence-corrected chi connectivity index (χ1v) is 12.1. The normalized spacial score (nSPS) is 27.4. The second-order valence-corrected chi connectivity index (χ2v) is 9.35. The molecule has 0 radical (unpaired) electrons. The Morgan fingerprint density at radius 3 is 1.86 bits per heavy atom. The van der Waals surface area contributed by atoms with Crippen LogP contribution in [0.25, 0.3) is 0 Å². The Morgan fingerprint density at radius 2 is 1.31 bits per heavy atom. The minimum Gasteiger partial charge on any atom is -0.493 e. The first-order valence-electron chi connectivity index (χ1n) is 12.1. The van der Waals surface area contributed by atoms with Gasteiger partial charge < -0.3 is 9.47 Å². The summed E-state index contributed by atoms with van der Waals surface area (Å²) in [5.41, 5.74) is 0.633. The van der Waals surface area contributed by atoms with Gasteiger partial charge in [0.15, 0.2) is 0 Å². The van der Waals surface area contributed by atoms with Gasteiger partial charge in [0.05, 0.1) is 12.2 Å². The van der Waals surface area contributed by atoms with Gasteiger partial charge in [-0.1, -0.05) is 52.4 Å². The molecule has 1 aromatic rings. The van der Waals surface area contributed by atoms with Gasteiger partial charge in [0.2, 0.25) is 0 Å². The number of benzene rings is 1. The van der Waals surface area contributed by atoms with Crippen LogP contribution < -0.4 is 4.74 Å². The van der Waals surface area contributed by atoms with Crippen LogP contribution in [0, 0.1) is 17.8 Å². The standard InChI is InChI=1S/C26H40O3/c1-3-5-20-7-9-22(10-8-20)19-28-24-17-13-23(14-18-24)26(27)29-25-15-11-21(6-4-2)12-16-25/h13-14,17-18,20-22,25H,3-12,15-16,19H2,1-2H3. The molecule has 0 aliphatic heterocycles. The summed E-state index contributed by atoms with van der Waals surface area (Å²) < 4.78 is 11.8. The van der Waals surface area contributed by atoms with Gasteiger partial charge in [-0.25, -0.2) is 4.79 Å². The molecule has 3 nitrogen and oxygen atoms in total. The van der Waals surface area contributed by atoms with Crippen molar-refractivity contribution in [2.45, 2.75) is 97.0 Å². The highest BCUT2D eigenvalue weighted by atomic mass is 16.5. The van der Waals surface area contributed by atoms with Crippen molar-refractivity contribution in [2.75, 3.05) is 6.61 Å². The highest BCUT2D eigenvalue weighted by Crippen LogP contribution is 2.32. The average molecular weight is 401 g/mol. The zero-order chi connectivity index (χ0) is 20.5. The first-order chi connectivity index (χ1) is 14.2. The van der Waals surface area contributed by atoms with Crippen molar-refractivity contribution in [3.05, 3.63) is 29.8 Å². The Labute approximate surface area is 177 Å². The van der Waals surface area contributed by atoms with E-state index >= 15 is 0 Å². The van der Waals surface area contributed by atoms with Crippen LogP contribution in [0.5, 0.6) is 5.75 Å². The third kappa shape index (κ3) is 7.04. The summed E-state index contributed by atoms with van der Waals surface area (Å²) >= 11 is 0. The predicted molar refractivity (Wildman–Crippen MR) is 118 cm³/mol. The van der Waals surface area contributed by atoms with Gasteiger partial charge in [-0.3, -0.25) is 0 Å². The molecular formula is C26H40O3. The molecule has 0 atom stereocenters. The van der Waals surface area contributed by atoms with Gasteiger partial charge in [0.25, 0.3) is 0 Å². The van der Waals surface area contributed by atoms with Gasteiger partial charge in [0.1, 0.15) is 11.9 Å². The van der Waals surface area contributed by atoms with E-state index in [-0.39, 0.29) is 12.1 Å². The van der Waals surface area contributed by atoms with Crippen LogP contribution in [-0.4, -0.2) is 18.7 Å². The zero-order valence-corrected chi connectivity index (χ0v) is 18.5. The van der Waals surface area contributed by atoms with Crippen molar-refractivity contribution in [1.29, 1.82) is 0 Å². The molecule has 0 amide bonds. The molecule has 29 heavy (non-hydrogen) atoms. The maximum absolute atomic E-state index is 12.5. The molecule has 162 valence electrons. The molecule has 2 aliphatic carbocycles. The molecule has 2 aliphatic rings. The Hall–Kier alpha value is -1.51. The highest BCUT2D eigenvalue weighted by molar-refractivity contribution is 5.89. The van der Waals surface area contributed by atoms with Gasteiger partial charge in [-0.2, -0.15) is 0 Å². The average Bonchev–Trinajstić information content (AvgIpc) is 2.75. The number of carbonyl (C=O) groups excluding carboxylic acids is 1. The molecule has 0 aromatic heterocycles. The summed E-state index contributed by atoms with van der Waals surface area (Å²) in [6, 6.07) is 7.52. The SMILES string of the molecule is CCCC1CCC(COc2ccc(C(=O)OC3CCC(CCC)CC3)cc2)CC1. The quantitative estimate of drug-likeness (QED) is 0.412.